The number of aromatic nitrogens is 2. The number of rotatable bonds is 6. The molecule has 4 rings (SSSR count). The fourth-order valence-corrected chi connectivity index (χ4v) is 3.01. The Kier molecular flexibility index (Phi) is 6.12. The molecule has 0 saturated heterocycles. The molecule has 8 heteroatoms. The minimum atomic E-state index is -0.527. The first-order valence-corrected chi connectivity index (χ1v) is 9.63. The zero-order chi connectivity index (χ0) is 22.3. The van der Waals surface area contributed by atoms with E-state index in [9.17, 15) is 9.59 Å². The molecular formula is C24H18N4O4. The van der Waals surface area contributed by atoms with E-state index in [1.807, 2.05) is 30.3 Å². The van der Waals surface area contributed by atoms with Crippen LogP contribution in [-0.4, -0.2) is 35.2 Å². The number of hydrogen-bond donors (Lipinski definition) is 1. The van der Waals surface area contributed by atoms with E-state index in [0.29, 0.717) is 22.6 Å². The van der Waals surface area contributed by atoms with Gasteiger partial charge in [-0.1, -0.05) is 30.3 Å². The van der Waals surface area contributed by atoms with Crippen molar-refractivity contribution >= 4 is 28.9 Å². The smallest absolute Gasteiger partial charge is 0.343 e. The summed E-state index contributed by atoms with van der Waals surface area (Å²) >= 11 is 0. The van der Waals surface area contributed by atoms with Gasteiger partial charge in [0.2, 0.25) is 0 Å². The van der Waals surface area contributed by atoms with Crippen LogP contribution in [0.3, 0.4) is 0 Å². The first-order valence-electron chi connectivity index (χ1n) is 9.63. The molecule has 3 aromatic carbocycles. The van der Waals surface area contributed by atoms with Crippen LogP contribution in [0.15, 0.2) is 84.4 Å². The molecule has 32 heavy (non-hydrogen) atoms. The summed E-state index contributed by atoms with van der Waals surface area (Å²) in [4.78, 5) is 32.6. The highest BCUT2D eigenvalue weighted by atomic mass is 16.5. The summed E-state index contributed by atoms with van der Waals surface area (Å²) in [6.45, 7) is 0. The van der Waals surface area contributed by atoms with E-state index in [4.69, 9.17) is 9.47 Å². The van der Waals surface area contributed by atoms with E-state index < -0.39 is 11.9 Å². The first-order chi connectivity index (χ1) is 15.7. The van der Waals surface area contributed by atoms with Gasteiger partial charge in [0.1, 0.15) is 17.2 Å². The van der Waals surface area contributed by atoms with Crippen LogP contribution in [-0.2, 0) is 0 Å². The molecule has 0 spiro atoms. The summed E-state index contributed by atoms with van der Waals surface area (Å²) in [6, 6.07) is 17.7. The molecule has 8 nitrogen and oxygen atoms in total. The maximum absolute atomic E-state index is 12.7. The fraction of sp³-hybridized carbons (Fsp3) is 0.0417. The molecule has 4 aromatic rings. The summed E-state index contributed by atoms with van der Waals surface area (Å²) in [6.07, 6.45) is 5.66. The molecule has 0 unspecified atom stereocenters. The van der Waals surface area contributed by atoms with E-state index >= 15 is 0 Å². The van der Waals surface area contributed by atoms with Crippen LogP contribution in [0.4, 0.5) is 0 Å². The number of esters is 1. The second-order valence-electron chi connectivity index (χ2n) is 6.61. The van der Waals surface area contributed by atoms with Gasteiger partial charge >= 0.3 is 5.97 Å². The average molecular weight is 426 g/mol. The number of benzene rings is 3. The topological polar surface area (TPSA) is 103 Å². The van der Waals surface area contributed by atoms with Crippen LogP contribution in [0.25, 0.3) is 10.8 Å². The van der Waals surface area contributed by atoms with Crippen molar-refractivity contribution in [2.75, 3.05) is 7.11 Å². The van der Waals surface area contributed by atoms with Crippen molar-refractivity contribution in [2.24, 2.45) is 5.10 Å². The van der Waals surface area contributed by atoms with Crippen LogP contribution in [0, 0.1) is 0 Å². The Morgan fingerprint density at radius 2 is 1.81 bits per heavy atom. The standard InChI is InChI=1S/C24H18N4O4/c1-31-18-9-6-17(7-10-18)24(30)32-22-11-8-16-4-2-3-5-19(16)20(22)14-27-28-23(29)21-15-25-12-13-26-21/h2-15H,1H3,(H,28,29)/b27-14-. The SMILES string of the molecule is COc1ccc(C(=O)Oc2ccc3ccccc3c2/C=N\NC(=O)c2cnccn2)cc1. The van der Waals surface area contributed by atoms with Gasteiger partial charge in [-0.05, 0) is 41.1 Å². The lowest BCUT2D eigenvalue weighted by Gasteiger charge is -2.11. The van der Waals surface area contributed by atoms with Crippen molar-refractivity contribution in [3.8, 4) is 11.5 Å². The number of fused-ring (bicyclic) bond motifs is 1. The molecule has 158 valence electrons. The predicted octanol–water partition coefficient (Wildman–Crippen LogP) is 3.62. The van der Waals surface area contributed by atoms with Crippen LogP contribution in [0.5, 0.6) is 11.5 Å². The lowest BCUT2D eigenvalue weighted by molar-refractivity contribution is 0.0734. The number of ether oxygens (including phenoxy) is 2. The third kappa shape index (κ3) is 4.59. The summed E-state index contributed by atoms with van der Waals surface area (Å²) in [5.41, 5.74) is 3.46. The Morgan fingerprint density at radius 3 is 2.56 bits per heavy atom. The van der Waals surface area contributed by atoms with Gasteiger partial charge in [0.15, 0.2) is 0 Å². The van der Waals surface area contributed by atoms with Gasteiger partial charge in [0.05, 0.1) is 25.1 Å². The van der Waals surface area contributed by atoms with Crippen LogP contribution in [0.1, 0.15) is 26.4 Å². The molecule has 0 bridgehead atoms. The van der Waals surface area contributed by atoms with E-state index in [-0.39, 0.29) is 5.69 Å². The molecule has 1 heterocycles. The number of hydrazone groups is 1. The lowest BCUT2D eigenvalue weighted by Crippen LogP contribution is -2.19. The van der Waals surface area contributed by atoms with Gasteiger partial charge in [0.25, 0.3) is 5.91 Å². The highest BCUT2D eigenvalue weighted by molar-refractivity contribution is 6.04. The Hall–Kier alpha value is -4.59. The largest absolute Gasteiger partial charge is 0.497 e. The third-order valence-electron chi connectivity index (χ3n) is 4.61. The van der Waals surface area contributed by atoms with Crippen molar-refractivity contribution < 1.29 is 19.1 Å². The maximum atomic E-state index is 12.7. The van der Waals surface area contributed by atoms with Crippen molar-refractivity contribution in [1.82, 2.24) is 15.4 Å². The average Bonchev–Trinajstić information content (AvgIpc) is 2.85. The van der Waals surface area contributed by atoms with Gasteiger partial charge in [-0.3, -0.25) is 9.78 Å². The normalized spacial score (nSPS) is 10.8. The molecule has 1 aromatic heterocycles. The zero-order valence-corrected chi connectivity index (χ0v) is 17.1. The first kappa shape index (κ1) is 20.7. The summed E-state index contributed by atoms with van der Waals surface area (Å²) in [5.74, 6) is -0.0894. The van der Waals surface area contributed by atoms with Crippen LogP contribution in [0.2, 0.25) is 0 Å². The molecule has 0 radical (unpaired) electrons. The monoisotopic (exact) mass is 426 g/mol. The highest BCUT2D eigenvalue weighted by Crippen LogP contribution is 2.27. The van der Waals surface area contributed by atoms with Gasteiger partial charge in [-0.15, -0.1) is 0 Å². The number of carbonyl (C=O) groups excluding carboxylic acids is 2. The maximum Gasteiger partial charge on any atom is 0.343 e. The minimum absolute atomic E-state index is 0.133. The molecule has 0 aliphatic heterocycles. The van der Waals surface area contributed by atoms with Gasteiger partial charge < -0.3 is 9.47 Å². The molecular weight excluding hydrogens is 408 g/mol. The van der Waals surface area contributed by atoms with Gasteiger partial charge in [-0.25, -0.2) is 15.2 Å². The third-order valence-corrected chi connectivity index (χ3v) is 4.61. The quantitative estimate of drug-likeness (QED) is 0.219. The second kappa shape index (κ2) is 9.48. The Morgan fingerprint density at radius 1 is 1.00 bits per heavy atom. The Balaban J connectivity index is 1.61. The number of methoxy groups -OCH3 is 1. The molecule has 0 fully saturated rings. The van der Waals surface area contributed by atoms with Gasteiger partial charge in [0, 0.05) is 18.0 Å². The van der Waals surface area contributed by atoms with Crippen LogP contribution < -0.4 is 14.9 Å². The number of carbonyl (C=O) groups is 2. The number of nitrogens with zero attached hydrogens (tertiary/aromatic N) is 3. The van der Waals surface area contributed by atoms with E-state index in [1.165, 1.54) is 24.8 Å². The minimum Gasteiger partial charge on any atom is -0.497 e. The summed E-state index contributed by atoms with van der Waals surface area (Å²) in [5, 5.41) is 5.77. The number of amides is 1. The lowest BCUT2D eigenvalue weighted by atomic mass is 10.0. The Bertz CT molecular complexity index is 1290. The van der Waals surface area contributed by atoms with E-state index in [0.717, 1.165) is 10.8 Å². The molecule has 1 amide bonds. The van der Waals surface area contributed by atoms with Crippen molar-refractivity contribution in [1.29, 1.82) is 0 Å². The molecule has 1 N–H and O–H groups in total. The highest BCUT2D eigenvalue weighted by Gasteiger charge is 2.14. The van der Waals surface area contributed by atoms with E-state index in [1.54, 1.807) is 37.4 Å². The van der Waals surface area contributed by atoms with Crippen LogP contribution >= 0.6 is 0 Å². The summed E-state index contributed by atoms with van der Waals surface area (Å²) in [7, 11) is 1.55. The fourth-order valence-electron chi connectivity index (χ4n) is 3.01. The molecule has 0 saturated carbocycles. The Labute approximate surface area is 183 Å². The second-order valence-corrected chi connectivity index (χ2v) is 6.61. The van der Waals surface area contributed by atoms with Gasteiger partial charge in [-0.2, -0.15) is 5.10 Å². The number of nitrogens with one attached hydrogen (secondary N) is 1. The summed E-state index contributed by atoms with van der Waals surface area (Å²) < 4.78 is 10.8. The van der Waals surface area contributed by atoms with Crippen molar-refractivity contribution in [3.05, 3.63) is 96.1 Å². The zero-order valence-electron chi connectivity index (χ0n) is 17.1. The predicted molar refractivity (Wildman–Crippen MR) is 119 cm³/mol. The van der Waals surface area contributed by atoms with Crippen molar-refractivity contribution in [2.45, 2.75) is 0 Å². The van der Waals surface area contributed by atoms with Crippen molar-refractivity contribution in [3.63, 3.8) is 0 Å². The molecule has 0 atom stereocenters. The number of hydrogen-bond acceptors (Lipinski definition) is 7. The molecule has 0 aliphatic carbocycles. The van der Waals surface area contributed by atoms with E-state index in [2.05, 4.69) is 20.5 Å². The molecule has 0 aliphatic rings.